The van der Waals surface area contributed by atoms with E-state index in [4.69, 9.17) is 14.2 Å². The van der Waals surface area contributed by atoms with E-state index in [2.05, 4.69) is 15.1 Å². The minimum absolute atomic E-state index is 0.351. The number of benzene rings is 1. The highest BCUT2D eigenvalue weighted by Crippen LogP contribution is 2.34. The first-order valence-electron chi connectivity index (χ1n) is 7.45. The Labute approximate surface area is 132 Å². The smallest absolute Gasteiger partial charge is 0.253 e. The molecular formula is C16H16N4O3. The average molecular weight is 312 g/mol. The fourth-order valence-corrected chi connectivity index (χ4v) is 2.57. The molecule has 3 aromatic rings. The second kappa shape index (κ2) is 5.85. The van der Waals surface area contributed by atoms with Gasteiger partial charge in [0, 0.05) is 25.3 Å². The zero-order valence-electron chi connectivity index (χ0n) is 12.7. The number of aromatic nitrogens is 4. The molecule has 118 valence electrons. The van der Waals surface area contributed by atoms with Gasteiger partial charge in [0.25, 0.3) is 5.78 Å². The molecule has 4 rings (SSSR count). The first-order valence-corrected chi connectivity index (χ1v) is 7.45. The van der Waals surface area contributed by atoms with Crippen molar-refractivity contribution in [3.05, 3.63) is 36.3 Å². The molecule has 0 bridgehead atoms. The number of hydrogen-bond acceptors (Lipinski definition) is 6. The molecular weight excluding hydrogens is 296 g/mol. The van der Waals surface area contributed by atoms with Crippen LogP contribution in [0.4, 0.5) is 0 Å². The number of rotatable bonds is 3. The maximum absolute atomic E-state index is 5.76. The summed E-state index contributed by atoms with van der Waals surface area (Å²) < 4.78 is 18.2. The largest absolute Gasteiger partial charge is 0.490 e. The van der Waals surface area contributed by atoms with Gasteiger partial charge in [-0.15, -0.1) is 5.10 Å². The Balaban J connectivity index is 1.81. The van der Waals surface area contributed by atoms with E-state index in [0.29, 0.717) is 31.4 Å². The molecule has 1 aromatic carbocycles. The molecule has 1 aliphatic rings. The van der Waals surface area contributed by atoms with E-state index < -0.39 is 0 Å². The number of ether oxygens (including phenoxy) is 3. The van der Waals surface area contributed by atoms with Crippen molar-refractivity contribution in [2.75, 3.05) is 20.3 Å². The Morgan fingerprint density at radius 2 is 2.04 bits per heavy atom. The van der Waals surface area contributed by atoms with Gasteiger partial charge in [-0.2, -0.15) is 9.50 Å². The van der Waals surface area contributed by atoms with Crippen LogP contribution in [0.5, 0.6) is 11.5 Å². The Kier molecular flexibility index (Phi) is 3.55. The third-order valence-corrected chi connectivity index (χ3v) is 3.60. The van der Waals surface area contributed by atoms with Gasteiger partial charge in [0.1, 0.15) is 6.61 Å². The molecule has 0 N–H and O–H groups in total. The molecule has 0 spiro atoms. The summed E-state index contributed by atoms with van der Waals surface area (Å²) in [6.45, 7) is 1.68. The fourth-order valence-electron chi connectivity index (χ4n) is 2.57. The summed E-state index contributed by atoms with van der Waals surface area (Å²) in [5, 5.41) is 4.46. The van der Waals surface area contributed by atoms with Crippen LogP contribution in [0.25, 0.3) is 17.0 Å². The molecule has 0 saturated carbocycles. The van der Waals surface area contributed by atoms with Crippen LogP contribution < -0.4 is 9.47 Å². The van der Waals surface area contributed by atoms with Crippen molar-refractivity contribution in [2.45, 2.75) is 13.0 Å². The number of methoxy groups -OCH3 is 1. The molecule has 0 fully saturated rings. The van der Waals surface area contributed by atoms with Crippen molar-refractivity contribution in [2.24, 2.45) is 0 Å². The fraction of sp³-hybridized carbons (Fsp3) is 0.312. The van der Waals surface area contributed by atoms with Gasteiger partial charge in [-0.1, -0.05) is 0 Å². The summed E-state index contributed by atoms with van der Waals surface area (Å²) in [6, 6.07) is 7.78. The molecule has 7 nitrogen and oxygen atoms in total. The van der Waals surface area contributed by atoms with Gasteiger partial charge in [-0.05, 0) is 24.3 Å². The lowest BCUT2D eigenvalue weighted by Crippen LogP contribution is -1.98. The first-order chi connectivity index (χ1) is 11.3. The summed E-state index contributed by atoms with van der Waals surface area (Å²) in [4.78, 5) is 8.60. The van der Waals surface area contributed by atoms with Gasteiger partial charge in [0.2, 0.25) is 0 Å². The minimum atomic E-state index is 0.351. The monoisotopic (exact) mass is 312 g/mol. The highest BCUT2D eigenvalue weighted by atomic mass is 16.5. The molecule has 1 aliphatic heterocycles. The van der Waals surface area contributed by atoms with Crippen molar-refractivity contribution in [3.63, 3.8) is 0 Å². The standard InChI is InChI=1S/C16H16N4O3/c1-21-10-15-18-16-17-6-5-12(20(16)19-15)11-3-4-13-14(9-11)23-8-2-7-22-13/h3-6,9H,2,7-8,10H2,1H3. The summed E-state index contributed by atoms with van der Waals surface area (Å²) in [5.74, 6) is 2.67. The Morgan fingerprint density at radius 3 is 2.91 bits per heavy atom. The van der Waals surface area contributed by atoms with Crippen molar-refractivity contribution in [1.82, 2.24) is 19.6 Å². The highest BCUT2D eigenvalue weighted by molar-refractivity contribution is 5.65. The zero-order chi connectivity index (χ0) is 15.6. The van der Waals surface area contributed by atoms with Crippen molar-refractivity contribution in [3.8, 4) is 22.8 Å². The first kappa shape index (κ1) is 14.0. The summed E-state index contributed by atoms with van der Waals surface area (Å²) in [6.07, 6.45) is 2.60. The van der Waals surface area contributed by atoms with E-state index in [1.165, 1.54) is 0 Å². The van der Waals surface area contributed by atoms with Gasteiger partial charge >= 0.3 is 0 Å². The Morgan fingerprint density at radius 1 is 1.17 bits per heavy atom. The molecule has 0 aliphatic carbocycles. The van der Waals surface area contributed by atoms with E-state index in [9.17, 15) is 0 Å². The van der Waals surface area contributed by atoms with Gasteiger partial charge in [0.15, 0.2) is 17.3 Å². The van der Waals surface area contributed by atoms with Gasteiger partial charge in [-0.3, -0.25) is 0 Å². The number of nitrogens with zero attached hydrogens (tertiary/aromatic N) is 4. The van der Waals surface area contributed by atoms with Gasteiger partial charge in [0.05, 0.1) is 18.9 Å². The predicted octanol–water partition coefficient (Wildman–Crippen LogP) is 2.10. The highest BCUT2D eigenvalue weighted by Gasteiger charge is 2.14. The van der Waals surface area contributed by atoms with Crippen LogP contribution in [-0.2, 0) is 11.3 Å². The molecule has 0 unspecified atom stereocenters. The number of fused-ring (bicyclic) bond motifs is 2. The van der Waals surface area contributed by atoms with Crippen molar-refractivity contribution >= 4 is 5.78 Å². The molecule has 7 heteroatoms. The number of hydrogen-bond donors (Lipinski definition) is 0. The normalized spacial score (nSPS) is 14.0. The van der Waals surface area contributed by atoms with Gasteiger partial charge in [-0.25, -0.2) is 4.98 Å². The van der Waals surface area contributed by atoms with Crippen LogP contribution in [0, 0.1) is 0 Å². The average Bonchev–Trinajstić information content (AvgIpc) is 2.83. The van der Waals surface area contributed by atoms with Crippen molar-refractivity contribution in [1.29, 1.82) is 0 Å². The SMILES string of the molecule is COCc1nc2nccc(-c3ccc4c(c3)OCCCO4)n2n1. The Bertz CT molecular complexity index is 846. The quantitative estimate of drug-likeness (QED) is 0.737. The molecule has 0 radical (unpaired) electrons. The van der Waals surface area contributed by atoms with E-state index in [1.807, 2.05) is 24.3 Å². The molecule has 3 heterocycles. The lowest BCUT2D eigenvalue weighted by atomic mass is 10.1. The maximum atomic E-state index is 5.76. The van der Waals surface area contributed by atoms with Crippen LogP contribution in [0.3, 0.4) is 0 Å². The van der Waals surface area contributed by atoms with Crippen molar-refractivity contribution < 1.29 is 14.2 Å². The van der Waals surface area contributed by atoms with E-state index in [1.54, 1.807) is 17.8 Å². The van der Waals surface area contributed by atoms with Crippen LogP contribution in [-0.4, -0.2) is 39.9 Å². The lowest BCUT2D eigenvalue weighted by molar-refractivity contribution is 0.178. The van der Waals surface area contributed by atoms with Crippen LogP contribution >= 0.6 is 0 Å². The minimum Gasteiger partial charge on any atom is -0.490 e. The third-order valence-electron chi connectivity index (χ3n) is 3.60. The third kappa shape index (κ3) is 2.59. The second-order valence-corrected chi connectivity index (χ2v) is 5.21. The Hall–Kier alpha value is -2.67. The topological polar surface area (TPSA) is 70.8 Å². The molecule has 0 saturated heterocycles. The van der Waals surface area contributed by atoms with E-state index in [-0.39, 0.29) is 0 Å². The van der Waals surface area contributed by atoms with Crippen LogP contribution in [0.1, 0.15) is 12.2 Å². The molecule has 0 amide bonds. The summed E-state index contributed by atoms with van der Waals surface area (Å²) in [5.41, 5.74) is 1.86. The predicted molar refractivity (Wildman–Crippen MR) is 82.5 cm³/mol. The van der Waals surface area contributed by atoms with Crippen LogP contribution in [0.15, 0.2) is 30.5 Å². The van der Waals surface area contributed by atoms with Gasteiger partial charge < -0.3 is 14.2 Å². The van der Waals surface area contributed by atoms with Crippen LogP contribution in [0.2, 0.25) is 0 Å². The summed E-state index contributed by atoms with van der Waals surface area (Å²) >= 11 is 0. The van der Waals surface area contributed by atoms with E-state index >= 15 is 0 Å². The zero-order valence-corrected chi connectivity index (χ0v) is 12.7. The maximum Gasteiger partial charge on any atom is 0.253 e. The summed E-state index contributed by atoms with van der Waals surface area (Å²) in [7, 11) is 1.61. The lowest BCUT2D eigenvalue weighted by Gasteiger charge is -2.10. The van der Waals surface area contributed by atoms with E-state index in [0.717, 1.165) is 29.2 Å². The molecule has 23 heavy (non-hydrogen) atoms. The molecule has 2 aromatic heterocycles. The molecule has 0 atom stereocenters. The second-order valence-electron chi connectivity index (χ2n) is 5.21.